The SMILES string of the molecule is CC1=C(C(=O)O)N2C(=O)[C@@H](NC(=O)COc3cc(OCC(=O)N[C@@H]4C(=O)N5C(C(=O)O)=C(C)CS[C@H]45)cc(OCC(=O)N[C@@H]4C(=O)N5C(C(=O)O)=C(C)CS[C@H]45)c3)[C@H]2SC1. The molecule has 6 amide bonds. The summed E-state index contributed by atoms with van der Waals surface area (Å²) >= 11 is 3.89. The molecule has 0 spiro atoms. The minimum atomic E-state index is -1.25. The van der Waals surface area contributed by atoms with E-state index in [1.54, 1.807) is 20.8 Å². The van der Waals surface area contributed by atoms with Crippen molar-refractivity contribution in [2.24, 2.45) is 0 Å². The van der Waals surface area contributed by atoms with Gasteiger partial charge in [-0.15, -0.1) is 35.3 Å². The van der Waals surface area contributed by atoms with Crippen LogP contribution < -0.4 is 30.2 Å². The van der Waals surface area contributed by atoms with Crippen molar-refractivity contribution >= 4 is 88.6 Å². The molecule has 3 saturated heterocycles. The maximum absolute atomic E-state index is 12.9. The maximum atomic E-state index is 12.9. The Balaban J connectivity index is 0.985. The van der Waals surface area contributed by atoms with Crippen LogP contribution in [0.4, 0.5) is 0 Å². The fraction of sp³-hybridized carbons (Fsp3) is 0.417. The van der Waals surface area contributed by atoms with E-state index in [1.165, 1.54) is 53.5 Å². The number of carboxylic acid groups (broad SMARTS) is 3. The average Bonchev–Trinajstić information content (AvgIpc) is 3.20. The van der Waals surface area contributed by atoms with Gasteiger partial charge in [-0.25, -0.2) is 14.4 Å². The molecule has 1 aromatic rings. The summed E-state index contributed by atoms with van der Waals surface area (Å²) < 4.78 is 17.0. The topological polar surface area (TPSA) is 288 Å². The number of nitrogens with one attached hydrogen (secondary N) is 3. The molecule has 21 nitrogen and oxygen atoms in total. The Kier molecular flexibility index (Phi) is 11.7. The quantitative estimate of drug-likeness (QED) is 0.116. The molecule has 6 aliphatic heterocycles. The predicted molar refractivity (Wildman–Crippen MR) is 209 cm³/mol. The van der Waals surface area contributed by atoms with Gasteiger partial charge < -0.3 is 45.5 Å². The number of rotatable bonds is 15. The number of ether oxygens (including phenoxy) is 3. The largest absolute Gasteiger partial charge is 0.484 e. The van der Waals surface area contributed by atoms with Crippen LogP contribution in [0.3, 0.4) is 0 Å². The van der Waals surface area contributed by atoms with Gasteiger partial charge in [0.1, 0.15) is 68.6 Å². The van der Waals surface area contributed by atoms with E-state index in [0.717, 1.165) is 14.7 Å². The fourth-order valence-corrected chi connectivity index (χ4v) is 11.1. The van der Waals surface area contributed by atoms with Crippen molar-refractivity contribution in [2.75, 3.05) is 37.1 Å². The molecule has 318 valence electrons. The Morgan fingerprint density at radius 3 is 1.02 bits per heavy atom. The number of carbonyl (C=O) groups excluding carboxylic acids is 6. The number of fused-ring (bicyclic) bond motifs is 3. The molecule has 0 bridgehead atoms. The van der Waals surface area contributed by atoms with Gasteiger partial charge in [-0.05, 0) is 37.5 Å². The van der Waals surface area contributed by atoms with Gasteiger partial charge in [0, 0.05) is 35.5 Å². The van der Waals surface area contributed by atoms with Crippen LogP contribution in [0.25, 0.3) is 0 Å². The molecule has 24 heteroatoms. The van der Waals surface area contributed by atoms with E-state index in [9.17, 15) is 58.5 Å². The number of carbonyl (C=O) groups is 9. The number of hydrogen-bond acceptors (Lipinski definition) is 15. The summed E-state index contributed by atoms with van der Waals surface area (Å²) in [6, 6.07) is 0.872. The third-order valence-electron chi connectivity index (χ3n) is 10.00. The summed E-state index contributed by atoms with van der Waals surface area (Å²) in [7, 11) is 0. The van der Waals surface area contributed by atoms with Gasteiger partial charge in [0.2, 0.25) is 0 Å². The first kappa shape index (κ1) is 42.3. The van der Waals surface area contributed by atoms with Crippen LogP contribution in [0.2, 0.25) is 0 Å². The highest BCUT2D eigenvalue weighted by Crippen LogP contribution is 2.42. The number of carboxylic acids is 3. The molecule has 3 fully saturated rings. The number of β-lactam (4-membered cyclic amide) rings is 3. The number of amides is 6. The summed E-state index contributed by atoms with van der Waals surface area (Å²) in [5.41, 5.74) is 1.17. The number of thioether (sulfide) groups is 3. The van der Waals surface area contributed by atoms with Crippen molar-refractivity contribution in [1.29, 1.82) is 0 Å². The van der Waals surface area contributed by atoms with Crippen molar-refractivity contribution in [3.8, 4) is 17.2 Å². The third kappa shape index (κ3) is 7.80. The Bertz CT molecular complexity index is 1990. The second-order valence-electron chi connectivity index (χ2n) is 14.2. The first-order valence-electron chi connectivity index (χ1n) is 18.0. The molecule has 0 radical (unpaired) electrons. The smallest absolute Gasteiger partial charge is 0.352 e. The fourth-order valence-electron chi connectivity index (χ4n) is 7.21. The molecule has 0 saturated carbocycles. The first-order chi connectivity index (χ1) is 28.5. The highest BCUT2D eigenvalue weighted by Gasteiger charge is 2.56. The summed E-state index contributed by atoms with van der Waals surface area (Å²) in [5, 5.41) is 34.5. The van der Waals surface area contributed by atoms with Gasteiger partial charge in [0.25, 0.3) is 35.4 Å². The minimum Gasteiger partial charge on any atom is -0.484 e. The Morgan fingerprint density at radius 2 is 0.783 bits per heavy atom. The van der Waals surface area contributed by atoms with Crippen LogP contribution >= 0.6 is 35.3 Å². The monoisotopic (exact) mass is 888 g/mol. The second-order valence-corrected chi connectivity index (χ2v) is 17.5. The van der Waals surface area contributed by atoms with E-state index in [2.05, 4.69) is 16.0 Å². The van der Waals surface area contributed by atoms with E-state index < -0.39 is 107 Å². The molecule has 0 aromatic heterocycles. The lowest BCUT2D eigenvalue weighted by Gasteiger charge is -2.49. The van der Waals surface area contributed by atoms with Crippen molar-refractivity contribution in [2.45, 2.75) is 55.0 Å². The molecule has 1 aromatic carbocycles. The lowest BCUT2D eigenvalue weighted by atomic mass is 10.0. The lowest BCUT2D eigenvalue weighted by molar-refractivity contribution is -0.151. The molecule has 6 heterocycles. The Labute approximate surface area is 352 Å². The van der Waals surface area contributed by atoms with Crippen molar-refractivity contribution < 1.29 is 72.7 Å². The molecular weight excluding hydrogens is 853 g/mol. The summed E-state index contributed by atoms with van der Waals surface area (Å²) in [6.07, 6.45) is 0. The zero-order valence-electron chi connectivity index (χ0n) is 31.7. The number of benzene rings is 1. The Hall–Kier alpha value is -5.88. The molecule has 6 N–H and O–H groups in total. The molecule has 60 heavy (non-hydrogen) atoms. The van der Waals surface area contributed by atoms with Gasteiger partial charge in [-0.3, -0.25) is 43.5 Å². The average molecular weight is 889 g/mol. The van der Waals surface area contributed by atoms with Gasteiger partial charge >= 0.3 is 17.9 Å². The predicted octanol–water partition coefficient (Wildman–Crippen LogP) is -0.901. The van der Waals surface area contributed by atoms with Crippen molar-refractivity contribution in [3.05, 3.63) is 52.0 Å². The Morgan fingerprint density at radius 1 is 0.533 bits per heavy atom. The normalized spacial score (nSPS) is 25.4. The number of aliphatic carboxylic acids is 3. The summed E-state index contributed by atoms with van der Waals surface area (Å²) in [5.74, 6) is -6.82. The summed E-state index contributed by atoms with van der Waals surface area (Å²) in [6.45, 7) is 2.92. The first-order valence-corrected chi connectivity index (χ1v) is 21.2. The van der Waals surface area contributed by atoms with E-state index in [0.29, 0.717) is 34.0 Å². The van der Waals surface area contributed by atoms with E-state index in [4.69, 9.17) is 14.2 Å². The van der Waals surface area contributed by atoms with E-state index in [-0.39, 0.29) is 34.3 Å². The summed E-state index contributed by atoms with van der Waals surface area (Å²) in [4.78, 5) is 116. The zero-order valence-corrected chi connectivity index (χ0v) is 34.2. The number of hydrogen-bond donors (Lipinski definition) is 6. The van der Waals surface area contributed by atoms with Crippen LogP contribution in [-0.4, -0.2) is 155 Å². The van der Waals surface area contributed by atoms with E-state index >= 15 is 0 Å². The maximum Gasteiger partial charge on any atom is 0.352 e. The standard InChI is InChI=1S/C36H36N6O15S3/c1-13-10-58-31-22(28(46)40(31)25(13)34(49)50)37-19(43)7-55-16-4-17(56-8-20(44)38-23-29(47)41-26(35(51)52)14(2)11-59-32(23)41)6-18(5-16)57-9-21(45)39-24-30(48)42-27(36(53)54)15(3)12-60-33(24)42/h4-6,22-24,31-33H,7-12H2,1-3H3,(H,37,43)(H,38,44)(H,39,45)(H,49,50)(H,51,52)(H,53,54)/t22-,23-,24-,31-,32-,33-/m1/s1. The van der Waals surface area contributed by atoms with E-state index in [1.807, 2.05) is 0 Å². The molecule has 6 aliphatic rings. The number of nitrogens with zero attached hydrogens (tertiary/aromatic N) is 3. The highest BCUT2D eigenvalue weighted by atomic mass is 32.2. The van der Waals surface area contributed by atoms with Crippen LogP contribution in [0.15, 0.2) is 52.0 Å². The van der Waals surface area contributed by atoms with Gasteiger partial charge in [0.15, 0.2) is 19.8 Å². The molecule has 7 rings (SSSR count). The van der Waals surface area contributed by atoms with Crippen molar-refractivity contribution in [1.82, 2.24) is 30.7 Å². The van der Waals surface area contributed by atoms with Gasteiger partial charge in [0.05, 0.1) is 0 Å². The van der Waals surface area contributed by atoms with Crippen molar-refractivity contribution in [3.63, 3.8) is 0 Å². The van der Waals surface area contributed by atoms with Crippen LogP contribution in [0, 0.1) is 0 Å². The van der Waals surface area contributed by atoms with Gasteiger partial charge in [-0.1, -0.05) is 0 Å². The van der Waals surface area contributed by atoms with Gasteiger partial charge in [-0.2, -0.15) is 0 Å². The second kappa shape index (κ2) is 16.6. The van der Waals surface area contributed by atoms with Crippen LogP contribution in [0.1, 0.15) is 20.8 Å². The van der Waals surface area contributed by atoms with Crippen LogP contribution in [-0.2, 0) is 43.2 Å². The zero-order chi connectivity index (χ0) is 43.3. The molecule has 0 unspecified atom stereocenters. The lowest BCUT2D eigenvalue weighted by Crippen LogP contribution is -2.70. The van der Waals surface area contributed by atoms with Crippen LogP contribution in [0.5, 0.6) is 17.2 Å². The third-order valence-corrected chi connectivity index (χ3v) is 14.3. The molecular formula is C36H36N6O15S3. The highest BCUT2D eigenvalue weighted by molar-refractivity contribution is 8.00. The molecule has 0 aliphatic carbocycles. The minimum absolute atomic E-state index is 0.0441. The molecule has 6 atom stereocenters.